The lowest BCUT2D eigenvalue weighted by Crippen LogP contribution is -2.37. The molecule has 0 aliphatic carbocycles. The fourth-order valence-corrected chi connectivity index (χ4v) is 4.86. The van der Waals surface area contributed by atoms with Gasteiger partial charge in [0.25, 0.3) is 0 Å². The highest BCUT2D eigenvalue weighted by Gasteiger charge is 2.28. The van der Waals surface area contributed by atoms with Gasteiger partial charge in [0.05, 0.1) is 17.1 Å². The Bertz CT molecular complexity index is 1060. The predicted octanol–water partition coefficient (Wildman–Crippen LogP) is 2.23. The molecule has 0 saturated heterocycles. The van der Waals surface area contributed by atoms with Crippen LogP contribution in [0.5, 0.6) is 0 Å². The number of hydrogen-bond donors (Lipinski definition) is 0. The molecule has 2 aromatic heterocycles. The summed E-state index contributed by atoms with van der Waals surface area (Å²) >= 11 is 0. The van der Waals surface area contributed by atoms with E-state index in [4.69, 9.17) is 0 Å². The average molecular weight is 356 g/mol. The topological polar surface area (TPSA) is 67.6 Å². The summed E-state index contributed by atoms with van der Waals surface area (Å²) < 4.78 is 29.1. The lowest BCUT2D eigenvalue weighted by Gasteiger charge is -2.28. The lowest BCUT2D eigenvalue weighted by molar-refractivity contribution is 0.383. The third kappa shape index (κ3) is 3.05. The first kappa shape index (κ1) is 16.2. The predicted molar refractivity (Wildman–Crippen MR) is 95.6 cm³/mol. The molecule has 0 spiro atoms. The summed E-state index contributed by atoms with van der Waals surface area (Å²) in [6.07, 6.45) is 2.42. The molecular weight excluding hydrogens is 336 g/mol. The van der Waals surface area contributed by atoms with E-state index < -0.39 is 10.0 Å². The molecule has 0 N–H and O–H groups in total. The molecule has 1 aliphatic heterocycles. The third-order valence-electron chi connectivity index (χ3n) is 4.56. The highest BCUT2D eigenvalue weighted by Crippen LogP contribution is 2.23. The second-order valence-electron chi connectivity index (χ2n) is 6.61. The van der Waals surface area contributed by atoms with E-state index >= 15 is 0 Å². The van der Waals surface area contributed by atoms with Crippen LogP contribution in [-0.2, 0) is 28.7 Å². The Balaban J connectivity index is 1.62. The molecule has 0 saturated carbocycles. The van der Waals surface area contributed by atoms with E-state index in [0.29, 0.717) is 19.5 Å². The van der Waals surface area contributed by atoms with Gasteiger partial charge in [-0.05, 0) is 19.4 Å². The number of aromatic nitrogens is 3. The van der Waals surface area contributed by atoms with Crippen molar-refractivity contribution in [2.45, 2.75) is 32.6 Å². The summed E-state index contributed by atoms with van der Waals surface area (Å²) in [7, 11) is -3.37. The van der Waals surface area contributed by atoms with Crippen molar-refractivity contribution in [3.8, 4) is 0 Å². The minimum Gasteiger partial charge on any atom is -0.237 e. The van der Waals surface area contributed by atoms with Crippen LogP contribution in [0.2, 0.25) is 0 Å². The molecule has 1 aromatic carbocycles. The molecule has 0 unspecified atom stereocenters. The van der Waals surface area contributed by atoms with Crippen LogP contribution in [0.1, 0.15) is 28.1 Å². The van der Waals surface area contributed by atoms with Gasteiger partial charge in [-0.25, -0.2) is 17.9 Å². The zero-order valence-electron chi connectivity index (χ0n) is 14.3. The third-order valence-corrected chi connectivity index (χ3v) is 6.36. The van der Waals surface area contributed by atoms with E-state index in [1.807, 2.05) is 48.7 Å². The van der Waals surface area contributed by atoms with Crippen molar-refractivity contribution >= 4 is 15.7 Å². The summed E-state index contributed by atoms with van der Waals surface area (Å²) in [5.74, 6) is 0.0283. The van der Waals surface area contributed by atoms with E-state index in [1.165, 1.54) is 0 Å². The van der Waals surface area contributed by atoms with Crippen LogP contribution in [0.25, 0.3) is 5.65 Å². The highest BCUT2D eigenvalue weighted by molar-refractivity contribution is 7.88. The van der Waals surface area contributed by atoms with Crippen LogP contribution in [-0.4, -0.2) is 33.9 Å². The molecule has 0 atom stereocenters. The van der Waals surface area contributed by atoms with Gasteiger partial charge in [-0.2, -0.15) is 9.40 Å². The van der Waals surface area contributed by atoms with E-state index in [-0.39, 0.29) is 5.75 Å². The van der Waals surface area contributed by atoms with Gasteiger partial charge in [-0.15, -0.1) is 0 Å². The van der Waals surface area contributed by atoms with Crippen molar-refractivity contribution in [1.82, 2.24) is 18.9 Å². The molecule has 25 heavy (non-hydrogen) atoms. The lowest BCUT2D eigenvalue weighted by atomic mass is 10.1. The molecule has 0 radical (unpaired) electrons. The van der Waals surface area contributed by atoms with Crippen LogP contribution >= 0.6 is 0 Å². The fourth-order valence-electron chi connectivity index (χ4n) is 3.37. The number of nitrogens with zero attached hydrogens (tertiary/aromatic N) is 4. The van der Waals surface area contributed by atoms with Crippen LogP contribution in [0, 0.1) is 13.8 Å². The van der Waals surface area contributed by atoms with Gasteiger partial charge in [0.1, 0.15) is 0 Å². The van der Waals surface area contributed by atoms with Crippen LogP contribution < -0.4 is 0 Å². The van der Waals surface area contributed by atoms with Gasteiger partial charge >= 0.3 is 0 Å². The molecule has 130 valence electrons. The van der Waals surface area contributed by atoms with Gasteiger partial charge < -0.3 is 0 Å². The number of hydrogen-bond acceptors (Lipinski definition) is 4. The Morgan fingerprint density at radius 1 is 1.20 bits per heavy atom. The zero-order chi connectivity index (χ0) is 17.6. The summed E-state index contributed by atoms with van der Waals surface area (Å²) in [4.78, 5) is 4.41. The monoisotopic (exact) mass is 356 g/mol. The summed E-state index contributed by atoms with van der Waals surface area (Å²) in [6.45, 7) is 4.73. The van der Waals surface area contributed by atoms with Gasteiger partial charge in [-0.1, -0.05) is 29.8 Å². The van der Waals surface area contributed by atoms with E-state index in [9.17, 15) is 8.42 Å². The van der Waals surface area contributed by atoms with Crippen molar-refractivity contribution in [3.05, 3.63) is 64.6 Å². The maximum Gasteiger partial charge on any atom is 0.218 e. The maximum absolute atomic E-state index is 12.8. The normalized spacial score (nSPS) is 15.4. The van der Waals surface area contributed by atoms with Crippen molar-refractivity contribution in [2.75, 3.05) is 6.54 Å². The van der Waals surface area contributed by atoms with Crippen molar-refractivity contribution < 1.29 is 8.42 Å². The molecular formula is C18H20N4O2S. The number of fused-ring (bicyclic) bond motifs is 3. The minimum atomic E-state index is -3.37. The Hall–Kier alpha value is -2.25. The minimum absolute atomic E-state index is 0.0283. The van der Waals surface area contributed by atoms with Gasteiger partial charge in [0.2, 0.25) is 10.0 Å². The van der Waals surface area contributed by atoms with Gasteiger partial charge in [0.15, 0.2) is 5.65 Å². The smallest absolute Gasteiger partial charge is 0.218 e. The molecule has 6 nitrogen and oxygen atoms in total. The first-order valence-corrected chi connectivity index (χ1v) is 9.90. The molecule has 0 fully saturated rings. The van der Waals surface area contributed by atoms with Crippen molar-refractivity contribution in [3.63, 3.8) is 0 Å². The van der Waals surface area contributed by atoms with Crippen LogP contribution in [0.3, 0.4) is 0 Å². The summed E-state index contributed by atoms with van der Waals surface area (Å²) in [6, 6.07) is 9.58. The first-order chi connectivity index (χ1) is 11.9. The molecule has 0 bridgehead atoms. The standard InChI is InChI=1S/C18H20N4O2S/c1-13-4-3-5-15(8-13)12-25(23,24)21-7-6-17-16(11-21)10-19-18-9-14(2)20-22(17)18/h3-5,8-10H,6-7,11-12H2,1-2H3. The second-order valence-corrected chi connectivity index (χ2v) is 8.58. The second kappa shape index (κ2) is 5.93. The van der Waals surface area contributed by atoms with Gasteiger partial charge in [0, 0.05) is 37.3 Å². The zero-order valence-corrected chi connectivity index (χ0v) is 15.1. The van der Waals surface area contributed by atoms with Crippen molar-refractivity contribution in [2.24, 2.45) is 0 Å². The van der Waals surface area contributed by atoms with Crippen molar-refractivity contribution in [1.29, 1.82) is 0 Å². The van der Waals surface area contributed by atoms with E-state index in [1.54, 1.807) is 10.5 Å². The quantitative estimate of drug-likeness (QED) is 0.722. The Kier molecular flexibility index (Phi) is 3.85. The summed E-state index contributed by atoms with van der Waals surface area (Å²) in [5, 5.41) is 4.48. The number of benzene rings is 1. The Labute approximate surface area is 147 Å². The molecule has 1 aliphatic rings. The molecule has 4 rings (SSSR count). The fraction of sp³-hybridized carbons (Fsp3) is 0.333. The van der Waals surface area contributed by atoms with Crippen LogP contribution in [0.15, 0.2) is 36.5 Å². The molecule has 0 amide bonds. The molecule has 3 aromatic rings. The van der Waals surface area contributed by atoms with Crippen LogP contribution in [0.4, 0.5) is 0 Å². The molecule has 3 heterocycles. The molecule has 7 heteroatoms. The number of aryl methyl sites for hydroxylation is 2. The maximum atomic E-state index is 12.8. The largest absolute Gasteiger partial charge is 0.237 e. The van der Waals surface area contributed by atoms with E-state index in [0.717, 1.165) is 33.7 Å². The number of rotatable bonds is 3. The van der Waals surface area contributed by atoms with Gasteiger partial charge in [-0.3, -0.25) is 0 Å². The SMILES string of the molecule is Cc1cccc(CS(=O)(=O)N2CCc3c(cnc4cc(C)nn34)C2)c1. The Morgan fingerprint density at radius 2 is 2.04 bits per heavy atom. The first-order valence-electron chi connectivity index (χ1n) is 8.29. The average Bonchev–Trinajstić information content (AvgIpc) is 2.94. The van der Waals surface area contributed by atoms with E-state index in [2.05, 4.69) is 10.1 Å². The highest BCUT2D eigenvalue weighted by atomic mass is 32.2. The number of sulfonamides is 1. The summed E-state index contributed by atoms with van der Waals surface area (Å²) in [5.41, 5.74) is 5.59. The Morgan fingerprint density at radius 3 is 2.84 bits per heavy atom.